The number of amides is 1. The molecule has 3 rings (SSSR count). The number of hydrogen-bond donors (Lipinski definition) is 1. The van der Waals surface area contributed by atoms with Crippen molar-refractivity contribution in [1.29, 1.82) is 0 Å². The predicted octanol–water partition coefficient (Wildman–Crippen LogP) is 2.99. The molecule has 132 valence electrons. The Kier molecular flexibility index (Phi) is 5.64. The number of rotatable bonds is 5. The molecular formula is C20H26N4O. The second kappa shape index (κ2) is 8.10. The summed E-state index contributed by atoms with van der Waals surface area (Å²) >= 11 is 0. The maximum atomic E-state index is 12.5. The summed E-state index contributed by atoms with van der Waals surface area (Å²) in [5, 5.41) is 2.96. The van der Waals surface area contributed by atoms with Crippen molar-refractivity contribution >= 4 is 11.9 Å². The van der Waals surface area contributed by atoms with Crippen LogP contribution in [0.3, 0.4) is 0 Å². The van der Waals surface area contributed by atoms with Crippen LogP contribution in [0.5, 0.6) is 0 Å². The highest BCUT2D eigenvalue weighted by Crippen LogP contribution is 2.20. The predicted molar refractivity (Wildman–Crippen MR) is 99.9 cm³/mol. The van der Waals surface area contributed by atoms with E-state index in [-0.39, 0.29) is 5.91 Å². The first-order valence-electron chi connectivity index (χ1n) is 9.04. The van der Waals surface area contributed by atoms with Crippen molar-refractivity contribution in [1.82, 2.24) is 15.3 Å². The molecule has 1 N–H and O–H groups in total. The number of nitrogens with one attached hydrogen (secondary N) is 1. The molecule has 2 heterocycles. The first-order chi connectivity index (χ1) is 12.1. The van der Waals surface area contributed by atoms with Gasteiger partial charge >= 0.3 is 0 Å². The lowest BCUT2D eigenvalue weighted by atomic mass is 10.00. The fourth-order valence-electron chi connectivity index (χ4n) is 3.07. The van der Waals surface area contributed by atoms with Crippen LogP contribution in [0, 0.1) is 12.8 Å². The van der Waals surface area contributed by atoms with Gasteiger partial charge in [-0.25, -0.2) is 9.97 Å². The van der Waals surface area contributed by atoms with E-state index in [9.17, 15) is 4.79 Å². The van der Waals surface area contributed by atoms with Crippen LogP contribution in [0.15, 0.2) is 36.4 Å². The largest absolute Gasteiger partial charge is 0.350 e. The molecule has 1 aliphatic heterocycles. The normalized spacial score (nSPS) is 15.2. The van der Waals surface area contributed by atoms with Gasteiger partial charge in [0, 0.05) is 25.3 Å². The van der Waals surface area contributed by atoms with Crippen LogP contribution in [0.2, 0.25) is 0 Å². The quantitative estimate of drug-likeness (QED) is 0.910. The molecular weight excluding hydrogens is 312 g/mol. The highest BCUT2D eigenvalue weighted by atomic mass is 16.1. The van der Waals surface area contributed by atoms with E-state index in [0.717, 1.165) is 44.0 Å². The number of nitrogens with zero attached hydrogens (tertiary/aromatic N) is 3. The molecule has 1 amide bonds. The summed E-state index contributed by atoms with van der Waals surface area (Å²) in [5.74, 6) is 1.30. The Bertz CT molecular complexity index is 709. The Morgan fingerprint density at radius 3 is 2.64 bits per heavy atom. The molecule has 0 spiro atoms. The summed E-state index contributed by atoms with van der Waals surface area (Å²) < 4.78 is 0. The molecule has 1 aromatic heterocycles. The summed E-state index contributed by atoms with van der Waals surface area (Å²) in [4.78, 5) is 23.7. The summed E-state index contributed by atoms with van der Waals surface area (Å²) in [5.41, 5.74) is 2.50. The Balaban J connectivity index is 1.62. The third kappa shape index (κ3) is 4.78. The molecule has 0 radical (unpaired) electrons. The van der Waals surface area contributed by atoms with E-state index < -0.39 is 0 Å². The Hall–Kier alpha value is -2.43. The van der Waals surface area contributed by atoms with Crippen molar-refractivity contribution in [2.24, 2.45) is 5.92 Å². The number of anilines is 1. The molecule has 1 aromatic carbocycles. The van der Waals surface area contributed by atoms with Crippen molar-refractivity contribution in [2.75, 3.05) is 24.5 Å². The van der Waals surface area contributed by atoms with Crippen molar-refractivity contribution in [3.8, 4) is 0 Å². The van der Waals surface area contributed by atoms with Gasteiger partial charge in [-0.2, -0.15) is 0 Å². The minimum Gasteiger partial charge on any atom is -0.350 e. The first kappa shape index (κ1) is 17.4. The van der Waals surface area contributed by atoms with Gasteiger partial charge in [-0.3, -0.25) is 4.79 Å². The number of hydrogen-bond acceptors (Lipinski definition) is 4. The summed E-state index contributed by atoms with van der Waals surface area (Å²) in [6, 6.07) is 11.9. The molecule has 1 aliphatic rings. The van der Waals surface area contributed by atoms with Crippen LogP contribution in [0.1, 0.15) is 41.5 Å². The van der Waals surface area contributed by atoms with E-state index in [1.165, 1.54) is 5.56 Å². The van der Waals surface area contributed by atoms with Gasteiger partial charge in [0.25, 0.3) is 5.91 Å². The number of aromatic nitrogens is 2. The van der Waals surface area contributed by atoms with E-state index in [1.54, 1.807) is 6.07 Å². The number of carbonyl (C=O) groups is 1. The molecule has 0 atom stereocenters. The first-order valence-corrected chi connectivity index (χ1v) is 9.04. The van der Waals surface area contributed by atoms with Crippen LogP contribution < -0.4 is 10.2 Å². The molecule has 0 unspecified atom stereocenters. The Labute approximate surface area is 149 Å². The molecule has 0 bridgehead atoms. The van der Waals surface area contributed by atoms with Crippen LogP contribution in [-0.2, 0) is 6.42 Å². The van der Waals surface area contributed by atoms with Crippen molar-refractivity contribution < 1.29 is 4.79 Å². The zero-order valence-electron chi connectivity index (χ0n) is 15.0. The van der Waals surface area contributed by atoms with Gasteiger partial charge in [0.2, 0.25) is 5.95 Å². The van der Waals surface area contributed by atoms with Gasteiger partial charge in [0.1, 0.15) is 5.69 Å². The second-order valence-corrected chi connectivity index (χ2v) is 6.86. The SMILES string of the molecule is Cc1cc(C(=O)NCCc2ccccc2)nc(N2CCC(C)CC2)n1. The van der Waals surface area contributed by atoms with Crippen molar-refractivity contribution in [2.45, 2.75) is 33.1 Å². The van der Waals surface area contributed by atoms with Crippen LogP contribution in [0.25, 0.3) is 0 Å². The van der Waals surface area contributed by atoms with E-state index in [0.29, 0.717) is 18.2 Å². The standard InChI is InChI=1S/C20H26N4O/c1-15-9-12-24(13-10-15)20-22-16(2)14-18(23-20)19(25)21-11-8-17-6-4-3-5-7-17/h3-7,14-15H,8-13H2,1-2H3,(H,21,25). The molecule has 25 heavy (non-hydrogen) atoms. The smallest absolute Gasteiger partial charge is 0.270 e. The van der Waals surface area contributed by atoms with E-state index in [2.05, 4.69) is 39.2 Å². The molecule has 5 heteroatoms. The number of benzene rings is 1. The van der Waals surface area contributed by atoms with Crippen LogP contribution in [-0.4, -0.2) is 35.5 Å². The monoisotopic (exact) mass is 338 g/mol. The molecule has 0 aliphatic carbocycles. The van der Waals surface area contributed by atoms with Crippen LogP contribution >= 0.6 is 0 Å². The highest BCUT2D eigenvalue weighted by molar-refractivity contribution is 5.92. The minimum atomic E-state index is -0.131. The summed E-state index contributed by atoms with van der Waals surface area (Å²) in [7, 11) is 0. The van der Waals surface area contributed by atoms with E-state index in [1.807, 2.05) is 25.1 Å². The number of piperidine rings is 1. The van der Waals surface area contributed by atoms with Gasteiger partial charge in [0.05, 0.1) is 0 Å². The average Bonchev–Trinajstić information content (AvgIpc) is 2.62. The van der Waals surface area contributed by atoms with Crippen LogP contribution in [0.4, 0.5) is 5.95 Å². The lowest BCUT2D eigenvalue weighted by Crippen LogP contribution is -2.35. The van der Waals surface area contributed by atoms with Gasteiger partial charge in [0.15, 0.2) is 0 Å². The fourth-order valence-corrected chi connectivity index (χ4v) is 3.07. The van der Waals surface area contributed by atoms with E-state index >= 15 is 0 Å². The topological polar surface area (TPSA) is 58.1 Å². The van der Waals surface area contributed by atoms with Crippen molar-refractivity contribution in [3.05, 3.63) is 53.3 Å². The molecule has 1 fully saturated rings. The van der Waals surface area contributed by atoms with Gasteiger partial charge < -0.3 is 10.2 Å². The number of aryl methyl sites for hydroxylation is 1. The van der Waals surface area contributed by atoms with Crippen molar-refractivity contribution in [3.63, 3.8) is 0 Å². The third-order valence-corrected chi connectivity index (χ3v) is 4.68. The van der Waals surface area contributed by atoms with E-state index in [4.69, 9.17) is 0 Å². The lowest BCUT2D eigenvalue weighted by molar-refractivity contribution is 0.0949. The third-order valence-electron chi connectivity index (χ3n) is 4.68. The number of carbonyl (C=O) groups excluding carboxylic acids is 1. The summed E-state index contributed by atoms with van der Waals surface area (Å²) in [6.45, 7) is 6.71. The minimum absolute atomic E-state index is 0.131. The lowest BCUT2D eigenvalue weighted by Gasteiger charge is -2.30. The maximum absolute atomic E-state index is 12.5. The molecule has 0 saturated carbocycles. The molecule has 5 nitrogen and oxygen atoms in total. The van der Waals surface area contributed by atoms with Gasteiger partial charge in [-0.05, 0) is 43.7 Å². The maximum Gasteiger partial charge on any atom is 0.270 e. The van der Waals surface area contributed by atoms with Gasteiger partial charge in [-0.15, -0.1) is 0 Å². The fraction of sp³-hybridized carbons (Fsp3) is 0.450. The Morgan fingerprint density at radius 2 is 1.92 bits per heavy atom. The highest BCUT2D eigenvalue weighted by Gasteiger charge is 2.20. The zero-order valence-corrected chi connectivity index (χ0v) is 15.0. The molecule has 2 aromatic rings. The second-order valence-electron chi connectivity index (χ2n) is 6.86. The summed E-state index contributed by atoms with van der Waals surface area (Å²) in [6.07, 6.45) is 3.11. The Morgan fingerprint density at radius 1 is 1.20 bits per heavy atom. The average molecular weight is 338 g/mol. The molecule has 1 saturated heterocycles. The zero-order chi connectivity index (χ0) is 17.6. The van der Waals surface area contributed by atoms with Gasteiger partial charge in [-0.1, -0.05) is 37.3 Å².